The molecule has 0 unspecified atom stereocenters. The molecule has 0 saturated carbocycles. The maximum Gasteiger partial charge on any atom is 0.410 e. The third-order valence-corrected chi connectivity index (χ3v) is 5.77. The van der Waals surface area contributed by atoms with E-state index in [2.05, 4.69) is 10.6 Å². The first-order chi connectivity index (χ1) is 14.8. The van der Waals surface area contributed by atoms with Crippen molar-refractivity contribution in [2.45, 2.75) is 64.5 Å². The molecule has 7 heteroatoms. The van der Waals surface area contributed by atoms with Crippen molar-refractivity contribution in [3.8, 4) is 5.75 Å². The summed E-state index contributed by atoms with van der Waals surface area (Å²) in [6.07, 6.45) is 4.37. The van der Waals surface area contributed by atoms with Gasteiger partial charge in [0.05, 0.1) is 12.2 Å². The van der Waals surface area contributed by atoms with Gasteiger partial charge in [-0.2, -0.15) is 0 Å². The largest absolute Gasteiger partial charge is 0.493 e. The SMILES string of the molecule is CC(C)(C)OC(=O)N1CC[C@H]2NC(=O)c3ccccc3OCCCCNCCC[C@H]2C1. The molecule has 2 N–H and O–H groups in total. The van der Waals surface area contributed by atoms with Crippen LogP contribution in [0.3, 0.4) is 0 Å². The topological polar surface area (TPSA) is 79.9 Å². The zero-order chi connectivity index (χ0) is 22.3. The van der Waals surface area contributed by atoms with E-state index < -0.39 is 5.60 Å². The van der Waals surface area contributed by atoms with E-state index in [1.165, 1.54) is 0 Å². The first-order valence-electron chi connectivity index (χ1n) is 11.5. The van der Waals surface area contributed by atoms with Gasteiger partial charge in [0.15, 0.2) is 0 Å². The Labute approximate surface area is 185 Å². The zero-order valence-corrected chi connectivity index (χ0v) is 19.1. The Morgan fingerprint density at radius 3 is 2.71 bits per heavy atom. The van der Waals surface area contributed by atoms with Crippen LogP contribution in [0, 0.1) is 5.92 Å². The van der Waals surface area contributed by atoms with Crippen molar-refractivity contribution in [1.29, 1.82) is 0 Å². The molecule has 31 heavy (non-hydrogen) atoms. The molecule has 0 spiro atoms. The minimum atomic E-state index is -0.516. The minimum absolute atomic E-state index is 0.0179. The van der Waals surface area contributed by atoms with E-state index in [1.807, 2.05) is 45.0 Å². The van der Waals surface area contributed by atoms with E-state index in [0.717, 1.165) is 38.8 Å². The summed E-state index contributed by atoms with van der Waals surface area (Å²) in [5.74, 6) is 0.708. The van der Waals surface area contributed by atoms with E-state index in [9.17, 15) is 9.59 Å². The van der Waals surface area contributed by atoms with Gasteiger partial charge in [0.2, 0.25) is 0 Å². The molecule has 1 aromatic carbocycles. The van der Waals surface area contributed by atoms with Gasteiger partial charge in [0.1, 0.15) is 11.4 Å². The van der Waals surface area contributed by atoms with Crippen LogP contribution < -0.4 is 15.4 Å². The molecule has 2 aliphatic heterocycles. The molecular weight excluding hydrogens is 394 g/mol. The standard InChI is InChI=1S/C24H37N3O4/c1-24(2,3)31-23(29)27-15-12-20-18(17-27)9-8-14-25-13-6-7-16-30-21-11-5-4-10-19(21)22(28)26-20/h4-5,10-11,18,20,25H,6-9,12-17H2,1-3H3,(H,26,28)/t18-,20+/m0/s1. The summed E-state index contributed by atoms with van der Waals surface area (Å²) in [6, 6.07) is 7.44. The van der Waals surface area contributed by atoms with Gasteiger partial charge in [-0.3, -0.25) is 4.79 Å². The molecule has 2 amide bonds. The molecule has 0 radical (unpaired) electrons. The number of carbonyl (C=O) groups excluding carboxylic acids is 2. The number of likely N-dealkylation sites (tertiary alicyclic amines) is 1. The van der Waals surface area contributed by atoms with Crippen LogP contribution in [0.15, 0.2) is 24.3 Å². The summed E-state index contributed by atoms with van der Waals surface area (Å²) in [5, 5.41) is 6.73. The molecule has 2 atom stereocenters. The van der Waals surface area contributed by atoms with Gasteiger partial charge in [-0.25, -0.2) is 4.79 Å². The molecule has 7 nitrogen and oxygen atoms in total. The average Bonchev–Trinajstić information content (AvgIpc) is 2.72. The van der Waals surface area contributed by atoms with E-state index in [-0.39, 0.29) is 24.0 Å². The van der Waals surface area contributed by atoms with Crippen LogP contribution in [0.2, 0.25) is 0 Å². The molecule has 1 saturated heterocycles. The molecule has 172 valence electrons. The third kappa shape index (κ3) is 7.13. The van der Waals surface area contributed by atoms with Gasteiger partial charge in [-0.05, 0) is 84.0 Å². The first kappa shape index (κ1) is 23.4. The van der Waals surface area contributed by atoms with Crippen LogP contribution >= 0.6 is 0 Å². The molecule has 1 aromatic rings. The molecule has 0 aromatic heterocycles. The molecule has 1 fully saturated rings. The van der Waals surface area contributed by atoms with Gasteiger partial charge in [-0.15, -0.1) is 0 Å². The number of benzene rings is 1. The molecule has 2 heterocycles. The second kappa shape index (κ2) is 10.8. The highest BCUT2D eigenvalue weighted by atomic mass is 16.6. The van der Waals surface area contributed by atoms with Crippen LogP contribution in [0.1, 0.15) is 63.2 Å². The smallest absolute Gasteiger partial charge is 0.410 e. The van der Waals surface area contributed by atoms with Gasteiger partial charge in [0, 0.05) is 19.1 Å². The number of hydrogen-bond donors (Lipinski definition) is 2. The van der Waals surface area contributed by atoms with Crippen LogP contribution in [0.4, 0.5) is 4.79 Å². The molecule has 0 aliphatic carbocycles. The maximum absolute atomic E-state index is 13.1. The van der Waals surface area contributed by atoms with Crippen molar-refractivity contribution in [1.82, 2.24) is 15.5 Å². The van der Waals surface area contributed by atoms with Crippen molar-refractivity contribution >= 4 is 12.0 Å². The fourth-order valence-electron chi connectivity index (χ4n) is 4.18. The second-order valence-corrected chi connectivity index (χ2v) is 9.50. The van der Waals surface area contributed by atoms with E-state index in [1.54, 1.807) is 4.90 Å². The monoisotopic (exact) mass is 431 g/mol. The lowest BCUT2D eigenvalue weighted by atomic mass is 9.88. The Morgan fingerprint density at radius 1 is 1.13 bits per heavy atom. The molecular formula is C24H37N3O4. The van der Waals surface area contributed by atoms with Gasteiger partial charge < -0.3 is 25.0 Å². The molecule has 3 rings (SSSR count). The Bertz CT molecular complexity index is 747. The summed E-state index contributed by atoms with van der Waals surface area (Å²) in [5.41, 5.74) is 0.0567. The van der Waals surface area contributed by atoms with Crippen molar-refractivity contribution < 1.29 is 19.1 Å². The Kier molecular flexibility index (Phi) is 8.18. The predicted octanol–water partition coefficient (Wildman–Crippen LogP) is 3.58. The number of nitrogens with zero attached hydrogens (tertiary/aromatic N) is 1. The number of ether oxygens (including phenoxy) is 2. The first-order valence-corrected chi connectivity index (χ1v) is 11.5. The number of fused-ring (bicyclic) bond motifs is 2. The van der Waals surface area contributed by atoms with Crippen molar-refractivity contribution in [3.63, 3.8) is 0 Å². The normalized spacial score (nSPS) is 23.8. The van der Waals surface area contributed by atoms with Crippen molar-refractivity contribution in [2.75, 3.05) is 32.8 Å². The van der Waals surface area contributed by atoms with Crippen LogP contribution in [0.5, 0.6) is 5.75 Å². The van der Waals surface area contributed by atoms with E-state index in [0.29, 0.717) is 37.4 Å². The Hall–Kier alpha value is -2.28. The molecule has 2 aliphatic rings. The van der Waals surface area contributed by atoms with Crippen LogP contribution in [-0.4, -0.2) is 61.3 Å². The summed E-state index contributed by atoms with van der Waals surface area (Å²) in [7, 11) is 0. The lowest BCUT2D eigenvalue weighted by Gasteiger charge is -2.39. The Balaban J connectivity index is 1.73. The highest BCUT2D eigenvalue weighted by Crippen LogP contribution is 2.25. The van der Waals surface area contributed by atoms with Crippen molar-refractivity contribution in [2.24, 2.45) is 5.92 Å². The van der Waals surface area contributed by atoms with E-state index >= 15 is 0 Å². The number of piperidine rings is 1. The minimum Gasteiger partial charge on any atom is -0.493 e. The highest BCUT2D eigenvalue weighted by Gasteiger charge is 2.34. The lowest BCUT2D eigenvalue weighted by Crippen LogP contribution is -2.53. The zero-order valence-electron chi connectivity index (χ0n) is 19.1. The predicted molar refractivity (Wildman–Crippen MR) is 120 cm³/mol. The van der Waals surface area contributed by atoms with Crippen molar-refractivity contribution in [3.05, 3.63) is 29.8 Å². The van der Waals surface area contributed by atoms with Crippen LogP contribution in [-0.2, 0) is 4.74 Å². The fraction of sp³-hybridized carbons (Fsp3) is 0.667. The average molecular weight is 432 g/mol. The second-order valence-electron chi connectivity index (χ2n) is 9.50. The number of para-hydroxylation sites is 1. The number of amides is 2. The number of rotatable bonds is 0. The number of nitrogens with one attached hydrogen (secondary N) is 2. The third-order valence-electron chi connectivity index (χ3n) is 5.77. The number of hydrogen-bond acceptors (Lipinski definition) is 5. The number of carbonyl (C=O) groups is 2. The van der Waals surface area contributed by atoms with Crippen LogP contribution in [0.25, 0.3) is 0 Å². The van der Waals surface area contributed by atoms with E-state index in [4.69, 9.17) is 9.47 Å². The highest BCUT2D eigenvalue weighted by molar-refractivity contribution is 5.97. The summed E-state index contributed by atoms with van der Waals surface area (Å²) in [6.45, 7) is 9.31. The quantitative estimate of drug-likeness (QED) is 0.656. The Morgan fingerprint density at radius 2 is 1.90 bits per heavy atom. The fourth-order valence-corrected chi connectivity index (χ4v) is 4.18. The maximum atomic E-state index is 13.1. The molecule has 0 bridgehead atoms. The lowest BCUT2D eigenvalue weighted by molar-refractivity contribution is 0.0127. The summed E-state index contributed by atoms with van der Waals surface area (Å²) in [4.78, 5) is 27.5. The summed E-state index contributed by atoms with van der Waals surface area (Å²) >= 11 is 0. The van der Waals surface area contributed by atoms with Gasteiger partial charge in [-0.1, -0.05) is 12.1 Å². The van der Waals surface area contributed by atoms with Gasteiger partial charge >= 0.3 is 6.09 Å². The summed E-state index contributed by atoms with van der Waals surface area (Å²) < 4.78 is 11.5. The van der Waals surface area contributed by atoms with Gasteiger partial charge in [0.25, 0.3) is 5.91 Å².